The smallest absolute Gasteiger partial charge is 0.347 e. The average Bonchev–Trinajstić information content (AvgIpc) is 2.57. The molecule has 0 aliphatic heterocycles. The Hall–Kier alpha value is 1.42. The zero-order chi connectivity index (χ0) is 19.0. The Balaban J connectivity index is 2.39. The third-order valence-electron chi connectivity index (χ3n) is 2.83. The van der Waals surface area contributed by atoms with Gasteiger partial charge in [0.15, 0.2) is 0 Å². The van der Waals surface area contributed by atoms with E-state index < -0.39 is 11.9 Å². The number of hydrogen-bond acceptors (Lipinski definition) is 3. The summed E-state index contributed by atoms with van der Waals surface area (Å²) in [5.41, 5.74) is 0.392. The van der Waals surface area contributed by atoms with Gasteiger partial charge in [-0.3, -0.25) is 0 Å². The molecule has 2 rings (SSSR count). The summed E-state index contributed by atoms with van der Waals surface area (Å²) in [5, 5.41) is 0. The number of esters is 2. The normalized spacial score (nSPS) is 10.7. The summed E-state index contributed by atoms with van der Waals surface area (Å²) in [5.74, 6) is -1.57. The highest BCUT2D eigenvalue weighted by atomic mass is 79.9. The van der Waals surface area contributed by atoms with Crippen molar-refractivity contribution in [2.75, 3.05) is 0 Å². The van der Waals surface area contributed by atoms with E-state index in [-0.39, 0.29) is 11.1 Å². The molecule has 0 aliphatic carbocycles. The Kier molecular flexibility index (Phi) is 8.43. The maximum atomic E-state index is 12.4. The molecule has 0 atom stereocenters. The lowest BCUT2D eigenvalue weighted by molar-refractivity contribution is 0.0396. The number of halogens is 8. The number of carbonyl (C=O) groups excluding carboxylic acids is 2. The van der Waals surface area contributed by atoms with Gasteiger partial charge in [0.25, 0.3) is 0 Å². The molecule has 0 saturated carbocycles. The van der Waals surface area contributed by atoms with Crippen LogP contribution in [0.5, 0.6) is 0 Å². The molecule has 132 valence electrons. The summed E-state index contributed by atoms with van der Waals surface area (Å²) in [6.07, 6.45) is 0. The second-order valence-corrected chi connectivity index (χ2v) is 10.8. The average molecular weight is 857 g/mol. The largest absolute Gasteiger partial charge is 0.386 e. The minimum Gasteiger partial charge on any atom is -0.386 e. The minimum absolute atomic E-state index is 0.196. The summed E-state index contributed by atoms with van der Waals surface area (Å²) in [4.78, 5) is 24.9. The van der Waals surface area contributed by atoms with E-state index >= 15 is 0 Å². The monoisotopic (exact) mass is 849 g/mol. The third kappa shape index (κ3) is 4.89. The van der Waals surface area contributed by atoms with Crippen LogP contribution in [0.2, 0.25) is 0 Å². The molecule has 11 heteroatoms. The van der Waals surface area contributed by atoms with Gasteiger partial charge in [-0.1, -0.05) is 0 Å². The molecule has 0 aliphatic rings. The molecular weight excluding hydrogens is 855 g/mol. The quantitative estimate of drug-likeness (QED) is 0.131. The Morgan fingerprint density at radius 2 is 0.880 bits per heavy atom. The first-order valence-corrected chi connectivity index (χ1v) is 12.3. The third-order valence-corrected chi connectivity index (χ3v) is 12.2. The van der Waals surface area contributed by atoms with Crippen LogP contribution in [0, 0.1) is 0 Å². The standard InChI is InChI=1S/C14H2Br8O3/c15-5-1-3(7(17)11(21)9(5)19)13(23)25-14(24)4-2-6(16)10(20)12(22)8(4)18/h1-2H. The molecule has 0 unspecified atom stereocenters. The molecule has 0 heterocycles. The number of benzene rings is 2. The molecule has 0 spiro atoms. The maximum absolute atomic E-state index is 12.4. The van der Waals surface area contributed by atoms with E-state index in [1.807, 2.05) is 0 Å². The van der Waals surface area contributed by atoms with Crippen LogP contribution in [-0.2, 0) is 4.74 Å². The molecule has 25 heavy (non-hydrogen) atoms. The second kappa shape index (κ2) is 9.28. The molecule has 0 aromatic heterocycles. The van der Waals surface area contributed by atoms with Gasteiger partial charge < -0.3 is 4.74 Å². The topological polar surface area (TPSA) is 43.4 Å². The van der Waals surface area contributed by atoms with Crippen molar-refractivity contribution in [1.29, 1.82) is 0 Å². The van der Waals surface area contributed by atoms with Crippen LogP contribution in [-0.4, -0.2) is 11.9 Å². The van der Waals surface area contributed by atoms with Crippen molar-refractivity contribution in [2.24, 2.45) is 0 Å². The lowest BCUT2D eigenvalue weighted by Crippen LogP contribution is -2.14. The van der Waals surface area contributed by atoms with Crippen molar-refractivity contribution >= 4 is 139 Å². The molecule has 0 saturated heterocycles. The first-order valence-electron chi connectivity index (χ1n) is 5.98. The first kappa shape index (κ1) is 22.7. The highest BCUT2D eigenvalue weighted by Gasteiger charge is 2.24. The van der Waals surface area contributed by atoms with Crippen LogP contribution >= 0.6 is 127 Å². The van der Waals surface area contributed by atoms with Crippen LogP contribution in [0.4, 0.5) is 0 Å². The van der Waals surface area contributed by atoms with Crippen LogP contribution < -0.4 is 0 Å². The Morgan fingerprint density at radius 1 is 0.560 bits per heavy atom. The first-order chi connectivity index (χ1) is 11.6. The number of hydrogen-bond donors (Lipinski definition) is 0. The zero-order valence-corrected chi connectivity index (χ0v) is 24.1. The number of carbonyl (C=O) groups is 2. The summed E-state index contributed by atoms with van der Waals surface area (Å²) in [7, 11) is 0. The lowest BCUT2D eigenvalue weighted by atomic mass is 10.2. The fraction of sp³-hybridized carbons (Fsp3) is 0. The SMILES string of the molecule is O=C(OC(=O)c1cc(Br)c(Br)c(Br)c1Br)c1cc(Br)c(Br)c(Br)c1Br. The van der Waals surface area contributed by atoms with Crippen molar-refractivity contribution in [3.63, 3.8) is 0 Å². The van der Waals surface area contributed by atoms with Gasteiger partial charge >= 0.3 is 11.9 Å². The molecule has 0 fully saturated rings. The van der Waals surface area contributed by atoms with E-state index in [0.717, 1.165) is 8.95 Å². The van der Waals surface area contributed by atoms with Gasteiger partial charge in [-0.15, -0.1) is 0 Å². The van der Waals surface area contributed by atoms with Gasteiger partial charge in [-0.25, -0.2) is 9.59 Å². The summed E-state index contributed by atoms with van der Waals surface area (Å²) in [6.45, 7) is 0. The van der Waals surface area contributed by atoms with Crippen molar-refractivity contribution in [1.82, 2.24) is 0 Å². The molecule has 0 bridgehead atoms. The van der Waals surface area contributed by atoms with E-state index in [9.17, 15) is 9.59 Å². The van der Waals surface area contributed by atoms with Crippen LogP contribution in [0.25, 0.3) is 0 Å². The Bertz CT molecular complexity index is 836. The van der Waals surface area contributed by atoms with Crippen LogP contribution in [0.1, 0.15) is 20.7 Å². The van der Waals surface area contributed by atoms with Gasteiger partial charge in [-0.05, 0) is 140 Å². The molecule has 2 aromatic rings. The Morgan fingerprint density at radius 3 is 1.20 bits per heavy atom. The van der Waals surface area contributed by atoms with Gasteiger partial charge in [-0.2, -0.15) is 0 Å². The predicted octanol–water partition coefficient (Wildman–Crippen LogP) is 8.78. The fourth-order valence-electron chi connectivity index (χ4n) is 1.64. The van der Waals surface area contributed by atoms with Crippen LogP contribution in [0.3, 0.4) is 0 Å². The lowest BCUT2D eigenvalue weighted by Gasteiger charge is -2.11. The van der Waals surface area contributed by atoms with E-state index in [0.29, 0.717) is 26.8 Å². The highest BCUT2D eigenvalue weighted by Crippen LogP contribution is 2.41. The summed E-state index contributed by atoms with van der Waals surface area (Å²) >= 11 is 26.8. The number of rotatable bonds is 2. The van der Waals surface area contributed by atoms with Gasteiger partial charge in [0.2, 0.25) is 0 Å². The molecular formula is C14H2Br8O3. The maximum Gasteiger partial charge on any atom is 0.347 e. The van der Waals surface area contributed by atoms with E-state index in [2.05, 4.69) is 127 Å². The van der Waals surface area contributed by atoms with Crippen molar-refractivity contribution in [3.05, 3.63) is 59.0 Å². The second-order valence-electron chi connectivity index (χ2n) is 4.37. The minimum atomic E-state index is -0.784. The number of ether oxygens (including phenoxy) is 1. The van der Waals surface area contributed by atoms with Crippen LogP contribution in [0.15, 0.2) is 47.9 Å². The fourth-order valence-corrected chi connectivity index (χ4v) is 5.98. The zero-order valence-electron chi connectivity index (χ0n) is 11.4. The molecule has 0 amide bonds. The van der Waals surface area contributed by atoms with Crippen molar-refractivity contribution in [3.8, 4) is 0 Å². The van der Waals surface area contributed by atoms with E-state index in [1.165, 1.54) is 0 Å². The predicted molar refractivity (Wildman–Crippen MR) is 124 cm³/mol. The van der Waals surface area contributed by atoms with Crippen molar-refractivity contribution < 1.29 is 14.3 Å². The highest BCUT2D eigenvalue weighted by molar-refractivity contribution is 9.15. The van der Waals surface area contributed by atoms with Gasteiger partial charge in [0, 0.05) is 35.8 Å². The molecule has 0 radical (unpaired) electrons. The summed E-state index contributed by atoms with van der Waals surface area (Å²) < 4.78 is 9.94. The molecule has 3 nitrogen and oxygen atoms in total. The van der Waals surface area contributed by atoms with Gasteiger partial charge in [0.1, 0.15) is 0 Å². The molecule has 2 aromatic carbocycles. The Labute approximate surface area is 210 Å². The molecule has 0 N–H and O–H groups in total. The van der Waals surface area contributed by atoms with Crippen molar-refractivity contribution in [2.45, 2.75) is 0 Å². The van der Waals surface area contributed by atoms with Gasteiger partial charge in [0.05, 0.1) is 11.1 Å². The summed E-state index contributed by atoms with van der Waals surface area (Å²) in [6, 6.07) is 3.11. The van der Waals surface area contributed by atoms with E-state index in [1.54, 1.807) is 12.1 Å². The van der Waals surface area contributed by atoms with E-state index in [4.69, 9.17) is 4.74 Å².